The summed E-state index contributed by atoms with van der Waals surface area (Å²) in [7, 11) is 0. The molecule has 1 N–H and O–H groups in total. The van der Waals surface area contributed by atoms with E-state index in [9.17, 15) is 0 Å². The fourth-order valence-corrected chi connectivity index (χ4v) is 5.08. The number of piperazine rings is 1. The molecule has 2 spiro atoms. The molecule has 0 radical (unpaired) electrons. The lowest BCUT2D eigenvalue weighted by atomic mass is 9.82. The van der Waals surface area contributed by atoms with Crippen molar-refractivity contribution >= 4 is 0 Å². The van der Waals surface area contributed by atoms with Gasteiger partial charge in [0.1, 0.15) is 0 Å². The third-order valence-corrected chi connectivity index (χ3v) is 6.21. The van der Waals surface area contributed by atoms with E-state index in [1.165, 1.54) is 77.3 Å². The summed E-state index contributed by atoms with van der Waals surface area (Å²) >= 11 is 0. The van der Waals surface area contributed by atoms with Crippen molar-refractivity contribution in [2.24, 2.45) is 0 Å². The maximum absolute atomic E-state index is 4.01. The zero-order valence-electron chi connectivity index (χ0n) is 13.0. The largest absolute Gasteiger partial charge is 0.308 e. The van der Waals surface area contributed by atoms with Gasteiger partial charge in [-0.3, -0.25) is 4.90 Å². The van der Waals surface area contributed by atoms with E-state index in [1.54, 1.807) is 0 Å². The van der Waals surface area contributed by atoms with E-state index in [4.69, 9.17) is 0 Å². The number of rotatable bonds is 3. The minimum atomic E-state index is 0.482. The lowest BCUT2D eigenvalue weighted by molar-refractivity contribution is -0.0207. The predicted octanol–water partition coefficient (Wildman–Crippen LogP) is 3.71. The second kappa shape index (κ2) is 5.37. The Hall–Kier alpha value is -0.0800. The predicted molar refractivity (Wildman–Crippen MR) is 81.5 cm³/mol. The first kappa shape index (κ1) is 13.9. The molecule has 1 heterocycles. The van der Waals surface area contributed by atoms with Gasteiger partial charge in [-0.25, -0.2) is 0 Å². The molecule has 110 valence electrons. The Morgan fingerprint density at radius 1 is 1.05 bits per heavy atom. The first-order valence-electron chi connectivity index (χ1n) is 8.72. The minimum Gasteiger partial charge on any atom is -0.308 e. The van der Waals surface area contributed by atoms with Crippen molar-refractivity contribution in [2.75, 3.05) is 13.1 Å². The maximum atomic E-state index is 4.01. The van der Waals surface area contributed by atoms with Crippen LogP contribution in [0, 0.1) is 0 Å². The summed E-state index contributed by atoms with van der Waals surface area (Å²) in [5, 5.41) is 4.01. The number of hydrogen-bond donors (Lipinski definition) is 1. The Labute approximate surface area is 119 Å². The van der Waals surface area contributed by atoms with Crippen molar-refractivity contribution in [3.63, 3.8) is 0 Å². The minimum absolute atomic E-state index is 0.482. The van der Waals surface area contributed by atoms with E-state index in [0.717, 1.165) is 6.04 Å². The lowest BCUT2D eigenvalue weighted by Gasteiger charge is -2.55. The highest BCUT2D eigenvalue weighted by atomic mass is 15.3. The van der Waals surface area contributed by atoms with Crippen LogP contribution < -0.4 is 5.32 Å². The number of nitrogens with zero attached hydrogens (tertiary/aromatic N) is 1. The first-order valence-corrected chi connectivity index (χ1v) is 8.72. The highest BCUT2D eigenvalue weighted by Crippen LogP contribution is 2.43. The van der Waals surface area contributed by atoms with Gasteiger partial charge in [-0.1, -0.05) is 39.0 Å². The highest BCUT2D eigenvalue weighted by molar-refractivity contribution is 5.09. The molecule has 1 saturated heterocycles. The van der Waals surface area contributed by atoms with Crippen LogP contribution in [0.3, 0.4) is 0 Å². The molecule has 3 rings (SSSR count). The quantitative estimate of drug-likeness (QED) is 0.836. The summed E-state index contributed by atoms with van der Waals surface area (Å²) < 4.78 is 0. The monoisotopic (exact) mass is 264 g/mol. The molecule has 2 heteroatoms. The highest BCUT2D eigenvalue weighted by Gasteiger charge is 2.50. The fourth-order valence-electron chi connectivity index (χ4n) is 5.08. The molecule has 1 atom stereocenters. The van der Waals surface area contributed by atoms with Crippen LogP contribution in [0.25, 0.3) is 0 Å². The van der Waals surface area contributed by atoms with Crippen molar-refractivity contribution in [3.8, 4) is 0 Å². The molecule has 2 aliphatic carbocycles. The van der Waals surface area contributed by atoms with E-state index in [1.807, 2.05) is 0 Å². The summed E-state index contributed by atoms with van der Waals surface area (Å²) in [6.45, 7) is 7.41. The topological polar surface area (TPSA) is 15.3 Å². The molecule has 0 aromatic carbocycles. The summed E-state index contributed by atoms with van der Waals surface area (Å²) in [6.07, 6.45) is 14.2. The fraction of sp³-hybridized carbons (Fsp3) is 1.00. The van der Waals surface area contributed by atoms with Gasteiger partial charge < -0.3 is 5.32 Å². The normalized spacial score (nSPS) is 31.3. The van der Waals surface area contributed by atoms with Gasteiger partial charge in [0.15, 0.2) is 0 Å². The molecule has 1 aliphatic heterocycles. The smallest absolute Gasteiger partial charge is 0.0337 e. The van der Waals surface area contributed by atoms with Crippen LogP contribution in [0.5, 0.6) is 0 Å². The standard InChI is InChI=1S/C17H32N2/c1-3-8-15(2)19-14-16(9-4-5-10-16)18-13-17(19)11-6-7-12-17/h15,18H,3-14H2,1-2H3. The summed E-state index contributed by atoms with van der Waals surface area (Å²) in [5.74, 6) is 0. The van der Waals surface area contributed by atoms with Crippen LogP contribution in [0.15, 0.2) is 0 Å². The Morgan fingerprint density at radius 3 is 2.32 bits per heavy atom. The number of hydrogen-bond acceptors (Lipinski definition) is 2. The van der Waals surface area contributed by atoms with Crippen LogP contribution in [-0.4, -0.2) is 35.1 Å². The van der Waals surface area contributed by atoms with Gasteiger partial charge >= 0.3 is 0 Å². The van der Waals surface area contributed by atoms with E-state index in [2.05, 4.69) is 24.1 Å². The molecule has 3 aliphatic rings. The zero-order valence-corrected chi connectivity index (χ0v) is 13.0. The average molecular weight is 264 g/mol. The molecule has 0 amide bonds. The third kappa shape index (κ3) is 2.47. The molecule has 0 aromatic heterocycles. The molecular weight excluding hydrogens is 232 g/mol. The van der Waals surface area contributed by atoms with Crippen LogP contribution in [0.4, 0.5) is 0 Å². The van der Waals surface area contributed by atoms with Gasteiger partial charge in [-0.05, 0) is 39.0 Å². The van der Waals surface area contributed by atoms with Gasteiger partial charge in [0.05, 0.1) is 0 Å². The second-order valence-corrected chi connectivity index (χ2v) is 7.54. The van der Waals surface area contributed by atoms with Crippen molar-refractivity contribution in [1.82, 2.24) is 10.2 Å². The molecule has 2 nitrogen and oxygen atoms in total. The van der Waals surface area contributed by atoms with Gasteiger partial charge in [0.25, 0.3) is 0 Å². The van der Waals surface area contributed by atoms with Crippen LogP contribution >= 0.6 is 0 Å². The van der Waals surface area contributed by atoms with Gasteiger partial charge in [-0.15, -0.1) is 0 Å². The molecule has 19 heavy (non-hydrogen) atoms. The lowest BCUT2D eigenvalue weighted by Crippen LogP contribution is -2.70. The van der Waals surface area contributed by atoms with Crippen molar-refractivity contribution in [2.45, 2.75) is 95.2 Å². The Balaban J connectivity index is 1.79. The van der Waals surface area contributed by atoms with Crippen molar-refractivity contribution < 1.29 is 0 Å². The molecule has 0 aromatic rings. The third-order valence-electron chi connectivity index (χ3n) is 6.21. The SMILES string of the molecule is CCCC(C)N1CC2(CCCC2)NCC12CCCC2. The van der Waals surface area contributed by atoms with Crippen molar-refractivity contribution in [1.29, 1.82) is 0 Å². The molecular formula is C17H32N2. The van der Waals surface area contributed by atoms with Crippen molar-refractivity contribution in [3.05, 3.63) is 0 Å². The maximum Gasteiger partial charge on any atom is 0.0337 e. The van der Waals surface area contributed by atoms with E-state index >= 15 is 0 Å². The summed E-state index contributed by atoms with van der Waals surface area (Å²) in [5.41, 5.74) is 0.998. The van der Waals surface area contributed by atoms with Gasteiger partial charge in [0.2, 0.25) is 0 Å². The first-order chi connectivity index (χ1) is 9.20. The molecule has 3 fully saturated rings. The van der Waals surface area contributed by atoms with Crippen LogP contribution in [0.2, 0.25) is 0 Å². The Kier molecular flexibility index (Phi) is 3.92. The molecule has 1 unspecified atom stereocenters. The van der Waals surface area contributed by atoms with E-state index in [0.29, 0.717) is 11.1 Å². The average Bonchev–Trinajstić information content (AvgIpc) is 3.03. The Morgan fingerprint density at radius 2 is 1.68 bits per heavy atom. The second-order valence-electron chi connectivity index (χ2n) is 7.54. The zero-order chi connectivity index (χ0) is 13.3. The number of nitrogens with one attached hydrogen (secondary N) is 1. The summed E-state index contributed by atoms with van der Waals surface area (Å²) in [6, 6.07) is 0.780. The Bertz CT molecular complexity index is 300. The van der Waals surface area contributed by atoms with E-state index in [-0.39, 0.29) is 0 Å². The molecule has 2 saturated carbocycles. The summed E-state index contributed by atoms with van der Waals surface area (Å²) in [4.78, 5) is 2.95. The van der Waals surface area contributed by atoms with Crippen LogP contribution in [0.1, 0.15) is 78.1 Å². The van der Waals surface area contributed by atoms with E-state index < -0.39 is 0 Å². The van der Waals surface area contributed by atoms with Gasteiger partial charge in [-0.2, -0.15) is 0 Å². The van der Waals surface area contributed by atoms with Crippen LogP contribution in [-0.2, 0) is 0 Å². The van der Waals surface area contributed by atoms with Gasteiger partial charge in [0, 0.05) is 30.2 Å². The molecule has 0 bridgehead atoms.